The molecule has 0 saturated heterocycles. The predicted octanol–water partition coefficient (Wildman–Crippen LogP) is 3.02. The first-order valence-electron chi connectivity index (χ1n) is 6.57. The zero-order chi connectivity index (χ0) is 13.8. The van der Waals surface area contributed by atoms with Crippen molar-refractivity contribution in [3.63, 3.8) is 0 Å². The summed E-state index contributed by atoms with van der Waals surface area (Å²) in [6.07, 6.45) is 1.79. The molecule has 0 aliphatic rings. The summed E-state index contributed by atoms with van der Waals surface area (Å²) in [5, 5.41) is 13.6. The average Bonchev–Trinajstić information content (AvgIpc) is 2.89. The van der Waals surface area contributed by atoms with Crippen molar-refractivity contribution in [1.29, 1.82) is 0 Å². The quantitative estimate of drug-likeness (QED) is 0.899. The van der Waals surface area contributed by atoms with Gasteiger partial charge in [0.15, 0.2) is 0 Å². The molecule has 4 heteroatoms. The molecule has 0 radical (unpaired) electrons. The van der Waals surface area contributed by atoms with Crippen molar-refractivity contribution in [1.82, 2.24) is 9.78 Å². The Hall–Kier alpha value is -1.81. The Bertz CT molecular complexity index is 547. The van der Waals surface area contributed by atoms with Crippen LogP contribution in [0.1, 0.15) is 32.4 Å². The first kappa shape index (κ1) is 13.6. The molecule has 2 aromatic rings. The van der Waals surface area contributed by atoms with Crippen molar-refractivity contribution in [2.45, 2.75) is 33.4 Å². The maximum Gasteiger partial charge on any atom is 0.128 e. The molecule has 0 saturated carbocycles. The van der Waals surface area contributed by atoms with Crippen LogP contribution in [0, 0.1) is 0 Å². The number of ether oxygens (including phenoxy) is 1. The number of hydrogen-bond acceptors (Lipinski definition) is 3. The van der Waals surface area contributed by atoms with Crippen LogP contribution < -0.4 is 4.74 Å². The van der Waals surface area contributed by atoms with Crippen molar-refractivity contribution >= 4 is 0 Å². The zero-order valence-electron chi connectivity index (χ0n) is 11.6. The fraction of sp³-hybridized carbons (Fsp3) is 0.400. The minimum absolute atomic E-state index is 0.0230. The van der Waals surface area contributed by atoms with Crippen molar-refractivity contribution in [2.24, 2.45) is 0 Å². The molecule has 0 fully saturated rings. The van der Waals surface area contributed by atoms with Gasteiger partial charge in [0.2, 0.25) is 0 Å². The topological polar surface area (TPSA) is 47.3 Å². The van der Waals surface area contributed by atoms with Gasteiger partial charge in [0.25, 0.3) is 0 Å². The van der Waals surface area contributed by atoms with E-state index in [1.807, 2.05) is 35.9 Å². The van der Waals surface area contributed by atoms with Crippen molar-refractivity contribution in [3.8, 4) is 17.0 Å². The second-order valence-corrected chi connectivity index (χ2v) is 4.68. The molecular weight excluding hydrogens is 240 g/mol. The van der Waals surface area contributed by atoms with E-state index in [1.54, 1.807) is 6.20 Å². The third-order valence-corrected chi connectivity index (χ3v) is 2.96. The van der Waals surface area contributed by atoms with E-state index in [0.717, 1.165) is 22.6 Å². The minimum atomic E-state index is 0.0230. The number of benzene rings is 1. The van der Waals surface area contributed by atoms with Gasteiger partial charge in [-0.25, -0.2) is 0 Å². The molecule has 0 spiro atoms. The highest BCUT2D eigenvalue weighted by atomic mass is 16.5. The highest BCUT2D eigenvalue weighted by Gasteiger charge is 2.13. The average molecular weight is 260 g/mol. The van der Waals surface area contributed by atoms with Gasteiger partial charge in [0.05, 0.1) is 18.9 Å². The molecule has 1 aromatic heterocycles. The largest absolute Gasteiger partial charge is 0.493 e. The molecule has 1 heterocycles. The Morgan fingerprint density at radius 1 is 1.32 bits per heavy atom. The van der Waals surface area contributed by atoms with Gasteiger partial charge in [0, 0.05) is 17.8 Å². The third-order valence-electron chi connectivity index (χ3n) is 2.96. The van der Waals surface area contributed by atoms with Crippen LogP contribution in [0.15, 0.2) is 30.5 Å². The lowest BCUT2D eigenvalue weighted by Crippen LogP contribution is -2.06. The fourth-order valence-corrected chi connectivity index (χ4v) is 2.10. The normalized spacial score (nSPS) is 11.0. The van der Waals surface area contributed by atoms with Crippen LogP contribution in [-0.2, 0) is 6.61 Å². The van der Waals surface area contributed by atoms with Crippen LogP contribution in [0.3, 0.4) is 0 Å². The SMILES string of the molecule is CCOc1ccc(CO)cc1-c1ccnn1C(C)C. The lowest BCUT2D eigenvalue weighted by atomic mass is 10.1. The molecule has 4 nitrogen and oxygen atoms in total. The van der Waals surface area contributed by atoms with Gasteiger partial charge in [-0.3, -0.25) is 4.68 Å². The number of aliphatic hydroxyl groups is 1. The van der Waals surface area contributed by atoms with Crippen LogP contribution in [0.2, 0.25) is 0 Å². The van der Waals surface area contributed by atoms with Crippen LogP contribution in [0.5, 0.6) is 5.75 Å². The molecule has 1 N–H and O–H groups in total. The summed E-state index contributed by atoms with van der Waals surface area (Å²) >= 11 is 0. The smallest absolute Gasteiger partial charge is 0.128 e. The standard InChI is InChI=1S/C15H20N2O2/c1-4-19-15-6-5-12(10-18)9-13(15)14-7-8-16-17(14)11(2)3/h5-9,11,18H,4,10H2,1-3H3. The molecular formula is C15H20N2O2. The molecule has 0 bridgehead atoms. The Labute approximate surface area is 113 Å². The summed E-state index contributed by atoms with van der Waals surface area (Å²) in [5.74, 6) is 0.821. The van der Waals surface area contributed by atoms with Crippen molar-refractivity contribution in [2.75, 3.05) is 6.61 Å². The number of nitrogens with zero attached hydrogens (tertiary/aromatic N) is 2. The highest BCUT2D eigenvalue weighted by Crippen LogP contribution is 2.32. The van der Waals surface area contributed by atoms with Crippen LogP contribution >= 0.6 is 0 Å². The Kier molecular flexibility index (Phi) is 4.22. The minimum Gasteiger partial charge on any atom is -0.493 e. The van der Waals surface area contributed by atoms with E-state index in [4.69, 9.17) is 4.74 Å². The Morgan fingerprint density at radius 2 is 2.11 bits per heavy atom. The number of hydrogen-bond donors (Lipinski definition) is 1. The predicted molar refractivity (Wildman–Crippen MR) is 75.1 cm³/mol. The summed E-state index contributed by atoms with van der Waals surface area (Å²) in [6.45, 7) is 6.78. The first-order valence-corrected chi connectivity index (χ1v) is 6.57. The van der Waals surface area contributed by atoms with Crippen LogP contribution in [0.4, 0.5) is 0 Å². The van der Waals surface area contributed by atoms with Gasteiger partial charge >= 0.3 is 0 Å². The van der Waals surface area contributed by atoms with E-state index in [2.05, 4.69) is 18.9 Å². The molecule has 0 aliphatic heterocycles. The number of aromatic nitrogens is 2. The van der Waals surface area contributed by atoms with E-state index >= 15 is 0 Å². The molecule has 1 aromatic carbocycles. The van der Waals surface area contributed by atoms with Gasteiger partial charge in [-0.05, 0) is 44.5 Å². The van der Waals surface area contributed by atoms with E-state index < -0.39 is 0 Å². The summed E-state index contributed by atoms with van der Waals surface area (Å²) in [5.41, 5.74) is 2.85. The maximum absolute atomic E-state index is 9.30. The second kappa shape index (κ2) is 5.89. The van der Waals surface area contributed by atoms with Gasteiger partial charge in [-0.1, -0.05) is 6.07 Å². The second-order valence-electron chi connectivity index (χ2n) is 4.68. The van der Waals surface area contributed by atoms with Crippen LogP contribution in [0.25, 0.3) is 11.3 Å². The molecule has 0 unspecified atom stereocenters. The van der Waals surface area contributed by atoms with Gasteiger partial charge in [-0.2, -0.15) is 5.10 Å². The third kappa shape index (κ3) is 2.79. The molecule has 19 heavy (non-hydrogen) atoms. The van der Waals surface area contributed by atoms with E-state index in [1.165, 1.54) is 0 Å². The molecule has 0 aliphatic carbocycles. The summed E-state index contributed by atoms with van der Waals surface area (Å²) in [4.78, 5) is 0. The van der Waals surface area contributed by atoms with E-state index in [-0.39, 0.29) is 12.6 Å². The van der Waals surface area contributed by atoms with Crippen molar-refractivity contribution in [3.05, 3.63) is 36.0 Å². The molecule has 0 atom stereocenters. The maximum atomic E-state index is 9.30. The molecule has 102 valence electrons. The van der Waals surface area contributed by atoms with E-state index in [0.29, 0.717) is 6.61 Å². The summed E-state index contributed by atoms with van der Waals surface area (Å²) in [7, 11) is 0. The van der Waals surface area contributed by atoms with Crippen molar-refractivity contribution < 1.29 is 9.84 Å². The fourth-order valence-electron chi connectivity index (χ4n) is 2.10. The van der Waals surface area contributed by atoms with Gasteiger partial charge in [0.1, 0.15) is 5.75 Å². The molecule has 2 rings (SSSR count). The summed E-state index contributed by atoms with van der Waals surface area (Å²) < 4.78 is 7.63. The Balaban J connectivity index is 2.54. The van der Waals surface area contributed by atoms with Crippen LogP contribution in [-0.4, -0.2) is 21.5 Å². The molecule has 0 amide bonds. The van der Waals surface area contributed by atoms with Gasteiger partial charge in [-0.15, -0.1) is 0 Å². The monoisotopic (exact) mass is 260 g/mol. The lowest BCUT2D eigenvalue weighted by molar-refractivity contribution is 0.281. The zero-order valence-corrected chi connectivity index (χ0v) is 11.6. The van der Waals surface area contributed by atoms with Gasteiger partial charge < -0.3 is 9.84 Å². The first-order chi connectivity index (χ1) is 9.17. The van der Waals surface area contributed by atoms with E-state index in [9.17, 15) is 5.11 Å². The summed E-state index contributed by atoms with van der Waals surface area (Å²) in [6, 6.07) is 7.99. The number of rotatable bonds is 5. The Morgan fingerprint density at radius 3 is 2.74 bits per heavy atom. The lowest BCUT2D eigenvalue weighted by Gasteiger charge is -2.15. The number of aliphatic hydroxyl groups excluding tert-OH is 1. The highest BCUT2D eigenvalue weighted by molar-refractivity contribution is 5.68.